The molecule has 2 amide bonds. The topological polar surface area (TPSA) is 72.2 Å². The van der Waals surface area contributed by atoms with Crippen molar-refractivity contribution in [1.29, 1.82) is 0 Å². The van der Waals surface area contributed by atoms with Gasteiger partial charge in [0, 0.05) is 44.1 Å². The molecule has 0 N–H and O–H groups in total. The van der Waals surface area contributed by atoms with Gasteiger partial charge in [0.15, 0.2) is 11.5 Å². The van der Waals surface area contributed by atoms with Crippen LogP contribution in [-0.4, -0.2) is 54.6 Å². The van der Waals surface area contributed by atoms with E-state index in [4.69, 9.17) is 13.9 Å². The number of nitrogens with zero attached hydrogens (tertiary/aromatic N) is 2. The van der Waals surface area contributed by atoms with Crippen LogP contribution in [0.5, 0.6) is 11.5 Å². The Morgan fingerprint density at radius 2 is 1.78 bits per heavy atom. The quantitative estimate of drug-likeness (QED) is 0.827. The van der Waals surface area contributed by atoms with E-state index in [1.807, 2.05) is 24.0 Å². The SMILES string of the molecule is CC(CC(=O)N1CCN(C(=O)c2ccc3c(c2)OCO3)CC1)c1ccco1. The Morgan fingerprint density at radius 3 is 2.52 bits per heavy atom. The van der Waals surface area contributed by atoms with Crippen molar-refractivity contribution >= 4 is 11.8 Å². The number of carbonyl (C=O) groups is 2. The lowest BCUT2D eigenvalue weighted by molar-refractivity contribution is -0.133. The standard InChI is InChI=1S/C20H22N2O5/c1-14(16-3-2-10-25-16)11-19(23)21-6-8-22(9-7-21)20(24)15-4-5-17-18(12-15)27-13-26-17/h2-5,10,12,14H,6-9,11,13H2,1H3. The van der Waals surface area contributed by atoms with Gasteiger partial charge in [-0.2, -0.15) is 0 Å². The van der Waals surface area contributed by atoms with E-state index < -0.39 is 0 Å². The highest BCUT2D eigenvalue weighted by atomic mass is 16.7. The van der Waals surface area contributed by atoms with Crippen LogP contribution < -0.4 is 9.47 Å². The molecule has 1 saturated heterocycles. The molecule has 1 aromatic carbocycles. The zero-order chi connectivity index (χ0) is 18.8. The first-order valence-electron chi connectivity index (χ1n) is 9.12. The van der Waals surface area contributed by atoms with Crippen molar-refractivity contribution in [2.75, 3.05) is 33.0 Å². The molecule has 2 aliphatic rings. The molecule has 1 fully saturated rings. The van der Waals surface area contributed by atoms with Crippen LogP contribution in [0, 0.1) is 0 Å². The first-order valence-corrected chi connectivity index (χ1v) is 9.12. The maximum atomic E-state index is 12.7. The predicted molar refractivity (Wildman–Crippen MR) is 96.8 cm³/mol. The van der Waals surface area contributed by atoms with Crippen molar-refractivity contribution in [3.8, 4) is 11.5 Å². The van der Waals surface area contributed by atoms with Gasteiger partial charge >= 0.3 is 0 Å². The summed E-state index contributed by atoms with van der Waals surface area (Å²) in [5.74, 6) is 2.16. The number of carbonyl (C=O) groups excluding carboxylic acids is 2. The third-order valence-electron chi connectivity index (χ3n) is 5.05. The summed E-state index contributed by atoms with van der Waals surface area (Å²) in [6.45, 7) is 4.29. The Morgan fingerprint density at radius 1 is 1.04 bits per heavy atom. The fourth-order valence-corrected chi connectivity index (χ4v) is 3.43. The number of benzene rings is 1. The molecule has 0 spiro atoms. The predicted octanol–water partition coefficient (Wildman–Crippen LogP) is 2.49. The first kappa shape index (κ1) is 17.5. The maximum Gasteiger partial charge on any atom is 0.254 e. The van der Waals surface area contributed by atoms with E-state index in [-0.39, 0.29) is 24.5 Å². The normalized spacial score (nSPS) is 17.1. The van der Waals surface area contributed by atoms with Gasteiger partial charge in [0.25, 0.3) is 5.91 Å². The molecule has 3 heterocycles. The summed E-state index contributed by atoms with van der Waals surface area (Å²) in [6.07, 6.45) is 2.03. The van der Waals surface area contributed by atoms with Crippen LogP contribution in [-0.2, 0) is 4.79 Å². The molecule has 1 aromatic heterocycles. The molecule has 27 heavy (non-hydrogen) atoms. The molecule has 1 unspecified atom stereocenters. The molecule has 0 saturated carbocycles. The van der Waals surface area contributed by atoms with Crippen molar-refractivity contribution in [2.45, 2.75) is 19.3 Å². The largest absolute Gasteiger partial charge is 0.469 e. The fraction of sp³-hybridized carbons (Fsp3) is 0.400. The average molecular weight is 370 g/mol. The van der Waals surface area contributed by atoms with E-state index in [2.05, 4.69) is 0 Å². The second-order valence-corrected chi connectivity index (χ2v) is 6.86. The molecule has 0 aliphatic carbocycles. The number of hydrogen-bond donors (Lipinski definition) is 0. The molecule has 1 atom stereocenters. The lowest BCUT2D eigenvalue weighted by atomic mass is 10.0. The van der Waals surface area contributed by atoms with E-state index in [9.17, 15) is 9.59 Å². The van der Waals surface area contributed by atoms with Gasteiger partial charge in [-0.05, 0) is 30.3 Å². The lowest BCUT2D eigenvalue weighted by Crippen LogP contribution is -2.50. The third kappa shape index (κ3) is 3.63. The Balaban J connectivity index is 1.32. The van der Waals surface area contributed by atoms with Gasteiger partial charge in [-0.3, -0.25) is 9.59 Å². The summed E-state index contributed by atoms with van der Waals surface area (Å²) in [5, 5.41) is 0. The van der Waals surface area contributed by atoms with E-state index >= 15 is 0 Å². The Hall–Kier alpha value is -2.96. The zero-order valence-electron chi connectivity index (χ0n) is 15.2. The molecule has 7 nitrogen and oxygen atoms in total. The molecule has 0 bridgehead atoms. The molecule has 2 aromatic rings. The Kier molecular flexibility index (Phi) is 4.75. The molecular weight excluding hydrogens is 348 g/mol. The average Bonchev–Trinajstić information content (AvgIpc) is 3.38. The van der Waals surface area contributed by atoms with E-state index in [0.29, 0.717) is 49.7 Å². The van der Waals surface area contributed by atoms with Crippen LogP contribution in [0.4, 0.5) is 0 Å². The second-order valence-electron chi connectivity index (χ2n) is 6.86. The van der Waals surface area contributed by atoms with Crippen LogP contribution in [0.15, 0.2) is 41.0 Å². The van der Waals surface area contributed by atoms with Crippen molar-refractivity contribution in [2.24, 2.45) is 0 Å². The van der Waals surface area contributed by atoms with Crippen LogP contribution >= 0.6 is 0 Å². The molecule has 4 rings (SSSR count). The van der Waals surface area contributed by atoms with E-state index in [0.717, 1.165) is 5.76 Å². The number of piperazine rings is 1. The van der Waals surface area contributed by atoms with Crippen LogP contribution in [0.25, 0.3) is 0 Å². The maximum absolute atomic E-state index is 12.7. The van der Waals surface area contributed by atoms with Gasteiger partial charge in [0.05, 0.1) is 6.26 Å². The van der Waals surface area contributed by atoms with Crippen molar-refractivity contribution in [3.63, 3.8) is 0 Å². The first-order chi connectivity index (χ1) is 13.1. The molecule has 0 radical (unpaired) electrons. The summed E-state index contributed by atoms with van der Waals surface area (Å²) in [4.78, 5) is 28.8. The third-order valence-corrected chi connectivity index (χ3v) is 5.05. The van der Waals surface area contributed by atoms with Gasteiger partial charge in [-0.15, -0.1) is 0 Å². The lowest BCUT2D eigenvalue weighted by Gasteiger charge is -2.35. The van der Waals surface area contributed by atoms with Crippen LogP contribution in [0.2, 0.25) is 0 Å². The second kappa shape index (κ2) is 7.34. The summed E-state index contributed by atoms with van der Waals surface area (Å²) < 4.78 is 16.0. The molecule has 2 aliphatic heterocycles. The number of hydrogen-bond acceptors (Lipinski definition) is 5. The summed E-state index contributed by atoms with van der Waals surface area (Å²) in [5.41, 5.74) is 0.575. The highest BCUT2D eigenvalue weighted by Crippen LogP contribution is 2.33. The highest BCUT2D eigenvalue weighted by Gasteiger charge is 2.27. The molecular formula is C20H22N2O5. The van der Waals surface area contributed by atoms with Gasteiger partial charge < -0.3 is 23.7 Å². The van der Waals surface area contributed by atoms with Gasteiger partial charge in [-0.25, -0.2) is 0 Å². The Labute approximate surface area is 157 Å². The number of ether oxygens (including phenoxy) is 2. The highest BCUT2D eigenvalue weighted by molar-refractivity contribution is 5.95. The fourth-order valence-electron chi connectivity index (χ4n) is 3.43. The van der Waals surface area contributed by atoms with Gasteiger partial charge in [-0.1, -0.05) is 6.92 Å². The summed E-state index contributed by atoms with van der Waals surface area (Å²) >= 11 is 0. The number of fused-ring (bicyclic) bond motifs is 1. The smallest absolute Gasteiger partial charge is 0.254 e. The number of rotatable bonds is 4. The zero-order valence-corrected chi connectivity index (χ0v) is 15.2. The van der Waals surface area contributed by atoms with E-state index in [1.165, 1.54) is 0 Å². The van der Waals surface area contributed by atoms with Gasteiger partial charge in [0.2, 0.25) is 12.7 Å². The van der Waals surface area contributed by atoms with Crippen molar-refractivity contribution < 1.29 is 23.5 Å². The molecule has 142 valence electrons. The number of amides is 2. The summed E-state index contributed by atoms with van der Waals surface area (Å²) in [6, 6.07) is 8.94. The minimum atomic E-state index is -0.0515. The van der Waals surface area contributed by atoms with Crippen molar-refractivity contribution in [1.82, 2.24) is 9.80 Å². The van der Waals surface area contributed by atoms with Crippen LogP contribution in [0.1, 0.15) is 35.4 Å². The van der Waals surface area contributed by atoms with Crippen molar-refractivity contribution in [3.05, 3.63) is 47.9 Å². The Bertz CT molecular complexity index is 825. The van der Waals surface area contributed by atoms with Crippen LogP contribution in [0.3, 0.4) is 0 Å². The van der Waals surface area contributed by atoms with E-state index in [1.54, 1.807) is 29.4 Å². The van der Waals surface area contributed by atoms with Gasteiger partial charge in [0.1, 0.15) is 5.76 Å². The summed E-state index contributed by atoms with van der Waals surface area (Å²) in [7, 11) is 0. The monoisotopic (exact) mass is 370 g/mol. The minimum Gasteiger partial charge on any atom is -0.469 e. The minimum absolute atomic E-state index is 0.0424. The number of furan rings is 1. The molecule has 7 heteroatoms.